The third kappa shape index (κ3) is 3.70. The lowest BCUT2D eigenvalue weighted by molar-refractivity contribution is -0.128. The second kappa shape index (κ2) is 6.59. The van der Waals surface area contributed by atoms with Gasteiger partial charge in [-0.15, -0.1) is 11.6 Å². The van der Waals surface area contributed by atoms with Crippen molar-refractivity contribution in [2.75, 3.05) is 13.0 Å². The molecule has 0 fully saturated rings. The van der Waals surface area contributed by atoms with Crippen LogP contribution in [-0.2, 0) is 9.47 Å². The number of methoxy groups -OCH3 is 1. The van der Waals surface area contributed by atoms with Gasteiger partial charge in [0.25, 0.3) is 0 Å². The summed E-state index contributed by atoms with van der Waals surface area (Å²) < 4.78 is 9.86. The van der Waals surface area contributed by atoms with E-state index in [-0.39, 0.29) is 17.5 Å². The van der Waals surface area contributed by atoms with Crippen molar-refractivity contribution in [1.82, 2.24) is 0 Å². The topological polar surface area (TPSA) is 55.8 Å². The lowest BCUT2D eigenvalue weighted by Gasteiger charge is -2.18. The van der Waals surface area contributed by atoms with Gasteiger partial charge in [-0.05, 0) is 13.0 Å². The van der Waals surface area contributed by atoms with Crippen LogP contribution in [0.15, 0.2) is 24.3 Å². The van der Waals surface area contributed by atoms with Gasteiger partial charge in [0.2, 0.25) is 0 Å². The number of ether oxygens (including phenoxy) is 2. The maximum Gasteiger partial charge on any atom is 0.338 e. The predicted molar refractivity (Wildman–Crippen MR) is 64.0 cm³/mol. The molecule has 0 aliphatic carbocycles. The van der Waals surface area contributed by atoms with Gasteiger partial charge in [-0.25, -0.2) is 4.79 Å². The normalized spacial score (nSPS) is 14.1. The first-order chi connectivity index (χ1) is 8.10. The van der Waals surface area contributed by atoms with Crippen LogP contribution >= 0.6 is 11.6 Å². The Kier molecular flexibility index (Phi) is 5.41. The molecule has 0 heterocycles. The van der Waals surface area contributed by atoms with Crippen LogP contribution in [0.2, 0.25) is 0 Å². The second-order valence-electron chi connectivity index (χ2n) is 3.53. The summed E-state index contributed by atoms with van der Waals surface area (Å²) in [6, 6.07) is 6.57. The molecule has 0 spiro atoms. The first kappa shape index (κ1) is 14.0. The fraction of sp³-hybridized carbons (Fsp3) is 0.417. The zero-order valence-electron chi connectivity index (χ0n) is 9.72. The second-order valence-corrected chi connectivity index (χ2v) is 3.84. The molecule has 0 saturated carbocycles. The molecular formula is C12H15ClO4. The average molecular weight is 259 g/mol. The largest absolute Gasteiger partial charge is 0.465 e. The van der Waals surface area contributed by atoms with E-state index in [1.165, 1.54) is 7.11 Å². The fourth-order valence-corrected chi connectivity index (χ4v) is 1.41. The number of carbonyl (C=O) groups is 1. The fourth-order valence-electron chi connectivity index (χ4n) is 1.34. The molecule has 4 nitrogen and oxygen atoms in total. The van der Waals surface area contributed by atoms with E-state index in [9.17, 15) is 9.90 Å². The number of rotatable bonds is 5. The van der Waals surface area contributed by atoms with Crippen LogP contribution < -0.4 is 0 Å². The van der Waals surface area contributed by atoms with Crippen molar-refractivity contribution >= 4 is 17.6 Å². The Hall–Kier alpha value is -1.10. The van der Waals surface area contributed by atoms with Crippen molar-refractivity contribution in [1.29, 1.82) is 0 Å². The Morgan fingerprint density at radius 1 is 1.47 bits per heavy atom. The number of esters is 1. The summed E-state index contributed by atoms with van der Waals surface area (Å²) in [7, 11) is 1.29. The smallest absolute Gasteiger partial charge is 0.338 e. The van der Waals surface area contributed by atoms with Gasteiger partial charge in [-0.2, -0.15) is 0 Å². The van der Waals surface area contributed by atoms with Gasteiger partial charge < -0.3 is 14.6 Å². The molecule has 0 amide bonds. The summed E-state index contributed by atoms with van der Waals surface area (Å²) >= 11 is 5.59. The van der Waals surface area contributed by atoms with Crippen molar-refractivity contribution in [3.8, 4) is 0 Å². The Labute approximate surface area is 105 Å². The summed E-state index contributed by atoms with van der Waals surface area (Å²) in [4.78, 5) is 11.5. The molecule has 1 aromatic rings. The third-order valence-corrected chi connectivity index (χ3v) is 2.65. The van der Waals surface area contributed by atoms with E-state index in [0.717, 1.165) is 0 Å². The first-order valence-electron chi connectivity index (χ1n) is 5.16. The first-order valence-corrected chi connectivity index (χ1v) is 5.70. The highest BCUT2D eigenvalue weighted by molar-refractivity contribution is 6.18. The molecule has 94 valence electrons. The number of benzene rings is 1. The molecule has 17 heavy (non-hydrogen) atoms. The Morgan fingerprint density at radius 2 is 2.12 bits per heavy atom. The zero-order valence-corrected chi connectivity index (χ0v) is 10.5. The summed E-state index contributed by atoms with van der Waals surface area (Å²) in [5.74, 6) is -0.251. The van der Waals surface area contributed by atoms with E-state index in [0.29, 0.717) is 5.56 Å². The lowest BCUT2D eigenvalue weighted by atomic mass is 10.1. The minimum atomic E-state index is -1.20. The van der Waals surface area contributed by atoms with Crippen molar-refractivity contribution in [3.63, 3.8) is 0 Å². The van der Waals surface area contributed by atoms with Crippen LogP contribution in [-0.4, -0.2) is 30.2 Å². The average Bonchev–Trinajstić information content (AvgIpc) is 2.37. The van der Waals surface area contributed by atoms with E-state index in [2.05, 4.69) is 4.74 Å². The zero-order chi connectivity index (χ0) is 12.8. The maximum absolute atomic E-state index is 11.5. The van der Waals surface area contributed by atoms with E-state index in [1.807, 2.05) is 0 Å². The molecule has 0 aliphatic rings. The molecule has 1 rings (SSSR count). The van der Waals surface area contributed by atoms with E-state index < -0.39 is 12.3 Å². The molecule has 2 atom stereocenters. The predicted octanol–water partition coefficient (Wildman–Crippen LogP) is 2.11. The van der Waals surface area contributed by atoms with Gasteiger partial charge in [0, 0.05) is 11.4 Å². The summed E-state index contributed by atoms with van der Waals surface area (Å²) in [5.41, 5.74) is 0.653. The standard InChI is InChI=1S/C12H15ClO4/c1-8(7-13)17-12(15)10-6-4-3-5-9(10)11(14)16-2/h3-6,8,12,15H,7H2,1-2H3. The number of aliphatic hydroxyl groups is 1. The van der Waals surface area contributed by atoms with Gasteiger partial charge in [0.1, 0.15) is 0 Å². The number of alkyl halides is 1. The molecule has 5 heteroatoms. The van der Waals surface area contributed by atoms with E-state index >= 15 is 0 Å². The minimum Gasteiger partial charge on any atom is -0.465 e. The maximum atomic E-state index is 11.5. The van der Waals surface area contributed by atoms with Gasteiger partial charge in [0.05, 0.1) is 18.8 Å². The highest BCUT2D eigenvalue weighted by Crippen LogP contribution is 2.21. The summed E-state index contributed by atoms with van der Waals surface area (Å²) in [6.07, 6.45) is -1.50. The van der Waals surface area contributed by atoms with E-state index in [1.54, 1.807) is 31.2 Å². The molecule has 0 bridgehead atoms. The monoisotopic (exact) mass is 258 g/mol. The molecule has 0 aliphatic heterocycles. The summed E-state index contributed by atoms with van der Waals surface area (Å²) in [5, 5.41) is 9.86. The Morgan fingerprint density at radius 3 is 2.71 bits per heavy atom. The quantitative estimate of drug-likeness (QED) is 0.499. The van der Waals surface area contributed by atoms with Gasteiger partial charge in [-0.1, -0.05) is 18.2 Å². The minimum absolute atomic E-state index is 0.261. The summed E-state index contributed by atoms with van der Waals surface area (Å²) in [6.45, 7) is 1.73. The Bertz CT molecular complexity index is 381. The van der Waals surface area contributed by atoms with Crippen LogP contribution in [0.5, 0.6) is 0 Å². The molecule has 0 radical (unpaired) electrons. The molecule has 1 aromatic carbocycles. The number of halogens is 1. The SMILES string of the molecule is COC(=O)c1ccccc1C(O)OC(C)CCl. The highest BCUT2D eigenvalue weighted by Gasteiger charge is 2.19. The lowest BCUT2D eigenvalue weighted by Crippen LogP contribution is -2.17. The number of hydrogen-bond donors (Lipinski definition) is 1. The number of carbonyl (C=O) groups excluding carboxylic acids is 1. The third-order valence-electron chi connectivity index (χ3n) is 2.21. The molecular weight excluding hydrogens is 244 g/mol. The Balaban J connectivity index is 2.92. The number of aliphatic hydroxyl groups excluding tert-OH is 1. The van der Waals surface area contributed by atoms with Crippen LogP contribution in [0.4, 0.5) is 0 Å². The van der Waals surface area contributed by atoms with Crippen LogP contribution in [0.1, 0.15) is 29.1 Å². The van der Waals surface area contributed by atoms with Crippen molar-refractivity contribution in [3.05, 3.63) is 35.4 Å². The van der Waals surface area contributed by atoms with Crippen molar-refractivity contribution in [2.45, 2.75) is 19.3 Å². The van der Waals surface area contributed by atoms with Gasteiger partial charge >= 0.3 is 5.97 Å². The molecule has 2 unspecified atom stereocenters. The van der Waals surface area contributed by atoms with Crippen molar-refractivity contribution < 1.29 is 19.4 Å². The van der Waals surface area contributed by atoms with Crippen LogP contribution in [0.25, 0.3) is 0 Å². The molecule has 0 saturated heterocycles. The van der Waals surface area contributed by atoms with Crippen LogP contribution in [0.3, 0.4) is 0 Å². The molecule has 1 N–H and O–H groups in total. The molecule has 0 aromatic heterocycles. The number of hydrogen-bond acceptors (Lipinski definition) is 4. The van der Waals surface area contributed by atoms with Gasteiger partial charge in [-0.3, -0.25) is 0 Å². The van der Waals surface area contributed by atoms with Crippen LogP contribution in [0, 0.1) is 0 Å². The van der Waals surface area contributed by atoms with Gasteiger partial charge in [0.15, 0.2) is 6.29 Å². The van der Waals surface area contributed by atoms with Crippen molar-refractivity contribution in [2.24, 2.45) is 0 Å². The highest BCUT2D eigenvalue weighted by atomic mass is 35.5. The van der Waals surface area contributed by atoms with E-state index in [4.69, 9.17) is 16.3 Å².